The number of benzene rings is 5. The number of para-hydroxylation sites is 2. The Balaban J connectivity index is 0.000000254. The third-order valence-electron chi connectivity index (χ3n) is 10.6. The van der Waals surface area contributed by atoms with Crippen LogP contribution >= 0.6 is 0 Å². The molecule has 9 rings (SSSR count). The Hall–Kier alpha value is -5.14. The summed E-state index contributed by atoms with van der Waals surface area (Å²) in [7, 11) is 0. The molecule has 0 aliphatic rings. The van der Waals surface area contributed by atoms with Gasteiger partial charge in [-0.2, -0.15) is 0 Å². The van der Waals surface area contributed by atoms with Gasteiger partial charge in [-0.15, -0.1) is 17.7 Å². The molecule has 0 unspecified atom stereocenters. The molecule has 0 atom stereocenters. The first-order valence-corrected chi connectivity index (χ1v) is 27.2. The Bertz CT molecular complexity index is 2810. The Morgan fingerprint density at radius 2 is 1.43 bits per heavy atom. The van der Waals surface area contributed by atoms with Crippen molar-refractivity contribution in [2.45, 2.75) is 63.7 Å². The van der Waals surface area contributed by atoms with Crippen LogP contribution in [0.3, 0.4) is 0 Å². The summed E-state index contributed by atoms with van der Waals surface area (Å²) in [6.07, 6.45) is 3.86. The van der Waals surface area contributed by atoms with E-state index >= 15 is 0 Å². The maximum absolute atomic E-state index is 6.49. The van der Waals surface area contributed by atoms with Crippen LogP contribution < -0.4 is 4.40 Å². The van der Waals surface area contributed by atoms with Crippen LogP contribution in [-0.2, 0) is 20.1 Å². The van der Waals surface area contributed by atoms with Crippen molar-refractivity contribution >= 4 is 50.8 Å². The number of aromatic nitrogens is 4. The number of aryl methyl sites for hydroxylation is 1. The summed E-state index contributed by atoms with van der Waals surface area (Å²) in [5, 5.41) is 1.01. The summed E-state index contributed by atoms with van der Waals surface area (Å²) < 4.78 is 10.3. The van der Waals surface area contributed by atoms with Crippen LogP contribution in [0.15, 0.2) is 138 Å². The van der Waals surface area contributed by atoms with Crippen LogP contribution in [-0.4, -0.2) is 32.8 Å². The Morgan fingerprint density at radius 3 is 2.09 bits per heavy atom. The predicted molar refractivity (Wildman–Crippen MR) is 240 cm³/mol. The van der Waals surface area contributed by atoms with Gasteiger partial charge in [-0.05, 0) is 75.9 Å². The van der Waals surface area contributed by atoms with E-state index in [-0.39, 0.29) is 31.9 Å². The minimum absolute atomic E-state index is 0. The van der Waals surface area contributed by atoms with Gasteiger partial charge >= 0.3 is 99.8 Å². The van der Waals surface area contributed by atoms with Crippen LogP contribution in [0.2, 0.25) is 17.3 Å². The van der Waals surface area contributed by atoms with E-state index in [1.54, 1.807) is 0 Å². The number of furan rings is 1. The van der Waals surface area contributed by atoms with Gasteiger partial charge in [-0.25, -0.2) is 0 Å². The van der Waals surface area contributed by atoms with Crippen molar-refractivity contribution in [1.82, 2.24) is 19.5 Å². The second-order valence-corrected chi connectivity index (χ2v) is 27.1. The summed E-state index contributed by atoms with van der Waals surface area (Å²) in [4.78, 5) is 14.4. The first kappa shape index (κ1) is 41.0. The molecule has 9 aromatic rings. The number of hydrogen-bond acceptors (Lipinski definition) is 4. The molecule has 0 aliphatic carbocycles. The summed E-state index contributed by atoms with van der Waals surface area (Å²) in [6.45, 7) is 11.2. The van der Waals surface area contributed by atoms with Gasteiger partial charge in [0, 0.05) is 32.0 Å². The van der Waals surface area contributed by atoms with E-state index < -0.39 is 13.3 Å². The van der Waals surface area contributed by atoms with Gasteiger partial charge in [0.05, 0.1) is 28.0 Å². The third-order valence-corrected chi connectivity index (χ3v) is 14.9. The first-order valence-electron chi connectivity index (χ1n) is 19.8. The summed E-state index contributed by atoms with van der Waals surface area (Å²) in [5.74, 6) is 8.55. The average Bonchev–Trinajstić information content (AvgIpc) is 3.81. The molecule has 1 radical (unpaired) electrons. The van der Waals surface area contributed by atoms with Crippen LogP contribution in [0, 0.1) is 19.1 Å². The molecule has 0 aliphatic heterocycles. The van der Waals surface area contributed by atoms with E-state index in [9.17, 15) is 0 Å². The number of hydrogen-bond donors (Lipinski definition) is 0. The van der Waals surface area contributed by atoms with Crippen molar-refractivity contribution in [1.29, 1.82) is 0 Å². The molecule has 4 aromatic heterocycles. The van der Waals surface area contributed by atoms with E-state index in [4.69, 9.17) is 9.40 Å². The van der Waals surface area contributed by atoms with E-state index in [0.717, 1.165) is 61.3 Å². The molecule has 0 saturated heterocycles. The maximum Gasteiger partial charge on any atom is 0 e. The Morgan fingerprint density at radius 1 is 0.724 bits per heavy atom. The van der Waals surface area contributed by atoms with Gasteiger partial charge in [-0.3, -0.25) is 9.97 Å². The van der Waals surface area contributed by atoms with Gasteiger partial charge in [-0.1, -0.05) is 82.6 Å². The molecule has 0 spiro atoms. The van der Waals surface area contributed by atoms with Gasteiger partial charge < -0.3 is 8.98 Å². The zero-order valence-corrected chi connectivity index (χ0v) is 38.9. The molecule has 0 N–H and O–H groups in total. The second kappa shape index (κ2) is 17.0. The van der Waals surface area contributed by atoms with Crippen molar-refractivity contribution in [2.75, 3.05) is 0 Å². The molecule has 293 valence electrons. The SMILES string of the molecule is Cc1c[c-]c(-c2nc3ccccc3n2-c2c(C(C)C)cc(-c3ccccc3)cc2C(C)C)c2oc3cccnc3c12.[CH3][Ge]([CH3])([CH3])[c]1ccc(-c2[c-]cccc2)nc1.[Ir]. The van der Waals surface area contributed by atoms with Crippen LogP contribution in [0.5, 0.6) is 0 Å². The zero-order chi connectivity index (χ0) is 39.8. The molecule has 4 heterocycles. The number of pyridine rings is 2. The standard InChI is InChI=1S/C37H32N3O.C14H16GeN.Ir/c1-22(2)28-20-26(25-12-7-6-8-13-25)21-29(23(3)4)35(28)40-31-15-10-9-14-30(31)39-37(40)27-18-17-24(5)33-34-32(41-36(27)33)16-11-19-38-34;1-15(2,3)13-9-10-14(16-11-13)12-7-5-4-6-8-12;/h6-17,19-23H,1-5H3;4-7,9-11H,1-3H3;/q2*-1;. The molecule has 0 amide bonds. The summed E-state index contributed by atoms with van der Waals surface area (Å²) in [5.41, 5.74) is 14.6. The molecule has 5 aromatic carbocycles. The zero-order valence-electron chi connectivity index (χ0n) is 34.4. The minimum Gasteiger partial charge on any atom is 0 e. The normalized spacial score (nSPS) is 11.6. The van der Waals surface area contributed by atoms with Gasteiger partial charge in [0.25, 0.3) is 0 Å². The van der Waals surface area contributed by atoms with Crippen LogP contribution in [0.25, 0.3) is 72.6 Å². The fraction of sp³-hybridized carbons (Fsp3) is 0.196. The number of fused-ring (bicyclic) bond motifs is 4. The maximum atomic E-state index is 6.49. The van der Waals surface area contributed by atoms with Crippen LogP contribution in [0.4, 0.5) is 0 Å². The van der Waals surface area contributed by atoms with Crippen molar-refractivity contribution in [2.24, 2.45) is 0 Å². The summed E-state index contributed by atoms with van der Waals surface area (Å²) >= 11 is -1.72. The van der Waals surface area contributed by atoms with Crippen molar-refractivity contribution in [3.05, 3.63) is 163 Å². The Labute approximate surface area is 358 Å². The molecule has 0 saturated carbocycles. The minimum atomic E-state index is -1.72. The predicted octanol–water partition coefficient (Wildman–Crippen LogP) is 13.1. The fourth-order valence-corrected chi connectivity index (χ4v) is 9.71. The Kier molecular flexibility index (Phi) is 12.0. The molecule has 5 nitrogen and oxygen atoms in total. The quantitative estimate of drug-likeness (QED) is 0.118. The number of nitrogens with zero attached hydrogens (tertiary/aromatic N) is 4. The third kappa shape index (κ3) is 7.98. The fourth-order valence-electron chi connectivity index (χ4n) is 7.54. The van der Waals surface area contributed by atoms with E-state index in [2.05, 4.69) is 151 Å². The molecule has 0 fully saturated rings. The molecular formula is C51H48GeIrN4O-2. The van der Waals surface area contributed by atoms with Crippen molar-refractivity contribution < 1.29 is 24.5 Å². The van der Waals surface area contributed by atoms with Crippen molar-refractivity contribution in [3.8, 4) is 39.5 Å². The van der Waals surface area contributed by atoms with Gasteiger partial charge in [0.1, 0.15) is 5.58 Å². The largest absolute Gasteiger partial charge is 0 e. The van der Waals surface area contributed by atoms with Crippen molar-refractivity contribution in [3.63, 3.8) is 0 Å². The van der Waals surface area contributed by atoms with E-state index in [1.165, 1.54) is 32.3 Å². The van der Waals surface area contributed by atoms with Crippen LogP contribution in [0.1, 0.15) is 56.2 Å². The van der Waals surface area contributed by atoms with Gasteiger partial charge in [0.2, 0.25) is 0 Å². The summed E-state index contributed by atoms with van der Waals surface area (Å²) in [6, 6.07) is 48.7. The molecule has 0 bridgehead atoms. The number of imidazole rings is 1. The first-order chi connectivity index (χ1) is 27.5. The number of rotatable bonds is 7. The smallest absolute Gasteiger partial charge is 0 e. The topological polar surface area (TPSA) is 56.7 Å². The van der Waals surface area contributed by atoms with Gasteiger partial charge in [0.15, 0.2) is 0 Å². The molecular weight excluding hydrogens is 949 g/mol. The molecule has 7 heteroatoms. The average molecular weight is 998 g/mol. The van der Waals surface area contributed by atoms with E-state index in [0.29, 0.717) is 0 Å². The second-order valence-electron chi connectivity index (χ2n) is 16.4. The molecule has 58 heavy (non-hydrogen) atoms. The monoisotopic (exact) mass is 999 g/mol. The van der Waals surface area contributed by atoms with E-state index in [1.807, 2.05) is 60.9 Å².